The van der Waals surface area contributed by atoms with E-state index >= 15 is 0 Å². The second kappa shape index (κ2) is 7.28. The van der Waals surface area contributed by atoms with Crippen LogP contribution >= 0.6 is 23.4 Å². The van der Waals surface area contributed by atoms with Crippen molar-refractivity contribution in [3.8, 4) is 0 Å². The number of aliphatic imine (C=N–C) groups is 1. The van der Waals surface area contributed by atoms with Gasteiger partial charge in [-0.15, -0.1) is 6.58 Å². The van der Waals surface area contributed by atoms with Crippen LogP contribution in [0.5, 0.6) is 0 Å². The highest BCUT2D eigenvalue weighted by Gasteiger charge is 2.31. The lowest BCUT2D eigenvalue weighted by Gasteiger charge is -2.07. The number of halogens is 1. The highest BCUT2D eigenvalue weighted by molar-refractivity contribution is 8.15. The molecule has 7 heteroatoms. The van der Waals surface area contributed by atoms with Gasteiger partial charge >= 0.3 is 0 Å². The van der Waals surface area contributed by atoms with Gasteiger partial charge in [-0.3, -0.25) is 14.6 Å². The van der Waals surface area contributed by atoms with Crippen molar-refractivity contribution in [3.63, 3.8) is 0 Å². The molecule has 0 unspecified atom stereocenters. The standard InChI is InChI=1S/C14H14ClN3O2S/c1-2-7-16-14-18-13(20)11(21-14)8-12(19)17-10-5-3-9(15)4-6-10/h2-6,11H,1,7-8H2,(H,17,19)(H,16,18,20)/t11-/m1/s1. The van der Waals surface area contributed by atoms with E-state index in [0.29, 0.717) is 22.4 Å². The molecule has 0 aliphatic carbocycles. The second-order valence-corrected chi connectivity index (χ2v) is 5.92. The molecule has 1 atom stereocenters. The van der Waals surface area contributed by atoms with Crippen LogP contribution in [0.15, 0.2) is 41.9 Å². The second-order valence-electron chi connectivity index (χ2n) is 4.29. The van der Waals surface area contributed by atoms with E-state index in [1.54, 1.807) is 30.3 Å². The third-order valence-electron chi connectivity index (χ3n) is 2.64. The van der Waals surface area contributed by atoms with Gasteiger partial charge in [-0.1, -0.05) is 29.4 Å². The summed E-state index contributed by atoms with van der Waals surface area (Å²) >= 11 is 7.03. The molecule has 0 saturated carbocycles. The van der Waals surface area contributed by atoms with E-state index < -0.39 is 5.25 Å². The molecule has 21 heavy (non-hydrogen) atoms. The zero-order valence-corrected chi connectivity index (χ0v) is 12.7. The van der Waals surface area contributed by atoms with E-state index in [1.807, 2.05) is 0 Å². The molecule has 2 amide bonds. The fourth-order valence-electron chi connectivity index (χ4n) is 1.68. The van der Waals surface area contributed by atoms with Gasteiger partial charge in [-0.05, 0) is 24.3 Å². The maximum Gasteiger partial charge on any atom is 0.240 e. The summed E-state index contributed by atoms with van der Waals surface area (Å²) in [6, 6.07) is 6.79. The number of nitrogens with one attached hydrogen (secondary N) is 2. The van der Waals surface area contributed by atoms with Crippen LogP contribution < -0.4 is 10.6 Å². The number of hydrogen-bond donors (Lipinski definition) is 2. The topological polar surface area (TPSA) is 70.6 Å². The lowest BCUT2D eigenvalue weighted by atomic mass is 10.2. The smallest absolute Gasteiger partial charge is 0.240 e. The third-order valence-corrected chi connectivity index (χ3v) is 4.01. The number of rotatable bonds is 5. The Kier molecular flexibility index (Phi) is 5.41. The maximum atomic E-state index is 11.9. The molecule has 2 rings (SSSR count). The molecular formula is C14H14ClN3O2S. The number of thioether (sulfide) groups is 1. The fourth-order valence-corrected chi connectivity index (χ4v) is 2.78. The van der Waals surface area contributed by atoms with Crippen molar-refractivity contribution in [1.82, 2.24) is 5.32 Å². The van der Waals surface area contributed by atoms with Crippen LogP contribution in [0.4, 0.5) is 5.69 Å². The zero-order chi connectivity index (χ0) is 15.2. The van der Waals surface area contributed by atoms with Crippen LogP contribution in [-0.4, -0.2) is 28.8 Å². The Morgan fingerprint density at radius 2 is 2.19 bits per heavy atom. The molecular weight excluding hydrogens is 310 g/mol. The van der Waals surface area contributed by atoms with Crippen LogP contribution in [0.1, 0.15) is 6.42 Å². The number of amidine groups is 1. The maximum absolute atomic E-state index is 11.9. The number of benzene rings is 1. The first-order chi connectivity index (χ1) is 10.1. The van der Waals surface area contributed by atoms with Crippen molar-refractivity contribution in [2.45, 2.75) is 11.7 Å². The zero-order valence-electron chi connectivity index (χ0n) is 11.1. The lowest BCUT2D eigenvalue weighted by molar-refractivity contribution is -0.122. The Labute approximate surface area is 131 Å². The van der Waals surface area contributed by atoms with Gasteiger partial charge in [0.25, 0.3) is 0 Å². The fraction of sp³-hybridized carbons (Fsp3) is 0.214. The van der Waals surface area contributed by atoms with E-state index in [4.69, 9.17) is 11.6 Å². The normalized spacial score (nSPS) is 19.4. The molecule has 1 aromatic rings. The average Bonchev–Trinajstić information content (AvgIpc) is 2.79. The Morgan fingerprint density at radius 3 is 2.86 bits per heavy atom. The molecule has 1 aliphatic rings. The quantitative estimate of drug-likeness (QED) is 0.818. The first-order valence-electron chi connectivity index (χ1n) is 6.27. The molecule has 1 heterocycles. The summed E-state index contributed by atoms with van der Waals surface area (Å²) < 4.78 is 0. The van der Waals surface area contributed by atoms with E-state index in [2.05, 4.69) is 22.2 Å². The highest BCUT2D eigenvalue weighted by Crippen LogP contribution is 2.23. The van der Waals surface area contributed by atoms with Gasteiger partial charge in [-0.2, -0.15) is 0 Å². The molecule has 0 spiro atoms. The number of anilines is 1. The summed E-state index contributed by atoms with van der Waals surface area (Å²) in [5.74, 6) is -0.427. The summed E-state index contributed by atoms with van der Waals surface area (Å²) in [6.45, 7) is 4.00. The largest absolute Gasteiger partial charge is 0.326 e. The Hall–Kier alpha value is -1.79. The summed E-state index contributed by atoms with van der Waals surface area (Å²) in [6.07, 6.45) is 1.73. The number of hydrogen-bond acceptors (Lipinski definition) is 4. The van der Waals surface area contributed by atoms with Crippen LogP contribution in [0.3, 0.4) is 0 Å². The van der Waals surface area contributed by atoms with Crippen molar-refractivity contribution in [2.24, 2.45) is 4.99 Å². The molecule has 1 saturated heterocycles. The van der Waals surface area contributed by atoms with Crippen LogP contribution in [0, 0.1) is 0 Å². The van der Waals surface area contributed by atoms with Crippen molar-refractivity contribution < 1.29 is 9.59 Å². The average molecular weight is 324 g/mol. The third kappa shape index (κ3) is 4.61. The molecule has 2 N–H and O–H groups in total. The van der Waals surface area contributed by atoms with Crippen molar-refractivity contribution in [3.05, 3.63) is 41.9 Å². The minimum Gasteiger partial charge on any atom is -0.326 e. The molecule has 0 bridgehead atoms. The predicted molar refractivity (Wildman–Crippen MR) is 86.7 cm³/mol. The SMILES string of the molecule is C=CCN=C1NC(=O)[C@@H](CC(=O)Nc2ccc(Cl)cc2)S1. The molecule has 5 nitrogen and oxygen atoms in total. The van der Waals surface area contributed by atoms with E-state index in [9.17, 15) is 9.59 Å². The lowest BCUT2D eigenvalue weighted by Crippen LogP contribution is -2.28. The summed E-state index contributed by atoms with van der Waals surface area (Å²) in [5, 5.41) is 6.04. The minimum absolute atomic E-state index is 0.0895. The van der Waals surface area contributed by atoms with E-state index in [0.717, 1.165) is 0 Å². The number of carbonyl (C=O) groups excluding carboxylic acids is 2. The number of amides is 2. The monoisotopic (exact) mass is 323 g/mol. The van der Waals surface area contributed by atoms with Gasteiger partial charge in [0, 0.05) is 17.1 Å². The van der Waals surface area contributed by atoms with Crippen molar-refractivity contribution in [2.75, 3.05) is 11.9 Å². The van der Waals surface area contributed by atoms with Crippen molar-refractivity contribution >= 4 is 46.0 Å². The number of carbonyl (C=O) groups is 2. The van der Waals surface area contributed by atoms with E-state index in [-0.39, 0.29) is 18.2 Å². The van der Waals surface area contributed by atoms with E-state index in [1.165, 1.54) is 11.8 Å². The van der Waals surface area contributed by atoms with Crippen LogP contribution in [0.2, 0.25) is 5.02 Å². The van der Waals surface area contributed by atoms with Gasteiger partial charge in [-0.25, -0.2) is 0 Å². The minimum atomic E-state index is -0.458. The summed E-state index contributed by atoms with van der Waals surface area (Å²) in [7, 11) is 0. The first-order valence-corrected chi connectivity index (χ1v) is 7.52. The Balaban J connectivity index is 1.89. The van der Waals surface area contributed by atoms with Gasteiger partial charge in [0.2, 0.25) is 11.8 Å². The predicted octanol–water partition coefficient (Wildman–Crippen LogP) is 2.44. The molecule has 1 aliphatic heterocycles. The van der Waals surface area contributed by atoms with Crippen molar-refractivity contribution in [1.29, 1.82) is 0 Å². The number of nitrogens with zero attached hydrogens (tertiary/aromatic N) is 1. The first kappa shape index (κ1) is 15.6. The highest BCUT2D eigenvalue weighted by atomic mass is 35.5. The van der Waals surface area contributed by atoms with Crippen LogP contribution in [0.25, 0.3) is 0 Å². The summed E-state index contributed by atoms with van der Waals surface area (Å²) in [4.78, 5) is 27.8. The molecule has 1 fully saturated rings. The van der Waals surface area contributed by atoms with Gasteiger partial charge in [0.15, 0.2) is 5.17 Å². The van der Waals surface area contributed by atoms with Gasteiger partial charge in [0.05, 0.1) is 6.54 Å². The summed E-state index contributed by atoms with van der Waals surface area (Å²) in [5.41, 5.74) is 0.647. The van der Waals surface area contributed by atoms with Gasteiger partial charge in [0.1, 0.15) is 5.25 Å². The molecule has 1 aromatic carbocycles. The molecule has 110 valence electrons. The van der Waals surface area contributed by atoms with Gasteiger partial charge < -0.3 is 10.6 Å². The molecule has 0 radical (unpaired) electrons. The Morgan fingerprint density at radius 1 is 1.48 bits per heavy atom. The molecule has 0 aromatic heterocycles. The van der Waals surface area contributed by atoms with Crippen LogP contribution in [-0.2, 0) is 9.59 Å². The Bertz CT molecular complexity index is 586.